The molecule has 0 atom stereocenters. The molecule has 2 heteroatoms. The smallest absolute Gasteiger partial charge is 0.184 e. The molecule has 0 saturated heterocycles. The fourth-order valence-corrected chi connectivity index (χ4v) is 2.93. The van der Waals surface area contributed by atoms with Crippen molar-refractivity contribution in [3.05, 3.63) is 59.2 Å². The average Bonchev–Trinajstić information content (AvgIpc) is 2.85. The lowest BCUT2D eigenvalue weighted by Gasteiger charge is -2.20. The highest BCUT2D eigenvalue weighted by Crippen LogP contribution is 2.40. The van der Waals surface area contributed by atoms with Gasteiger partial charge in [-0.05, 0) is 42.5 Å². The van der Waals surface area contributed by atoms with Gasteiger partial charge in [-0.3, -0.25) is 0 Å². The van der Waals surface area contributed by atoms with E-state index in [-0.39, 0.29) is 6.29 Å². The second-order valence-corrected chi connectivity index (χ2v) is 4.95. The van der Waals surface area contributed by atoms with E-state index in [1.165, 1.54) is 27.8 Å². The van der Waals surface area contributed by atoms with E-state index in [0.29, 0.717) is 13.2 Å². The molecule has 0 amide bonds. The van der Waals surface area contributed by atoms with E-state index in [2.05, 4.69) is 42.5 Å². The van der Waals surface area contributed by atoms with Crippen molar-refractivity contribution < 1.29 is 9.47 Å². The largest absolute Gasteiger partial charge is 0.349 e. The maximum atomic E-state index is 5.77. The lowest BCUT2D eigenvalue weighted by atomic mass is 10.0. The van der Waals surface area contributed by atoms with Crippen LogP contribution in [0.2, 0.25) is 0 Å². The molecule has 2 nitrogen and oxygen atoms in total. The highest BCUT2D eigenvalue weighted by atomic mass is 16.7. The molecule has 0 N–H and O–H groups in total. The number of benzene rings is 2. The fraction of sp³-hybridized carbons (Fsp3) is 0.333. The van der Waals surface area contributed by atoms with Crippen LogP contribution in [-0.4, -0.2) is 13.2 Å². The van der Waals surface area contributed by atoms with Crippen molar-refractivity contribution in [1.82, 2.24) is 0 Å². The van der Waals surface area contributed by atoms with E-state index in [4.69, 9.17) is 9.47 Å². The molecule has 1 aliphatic carbocycles. The Morgan fingerprint density at radius 3 is 2.35 bits per heavy atom. The van der Waals surface area contributed by atoms with Gasteiger partial charge in [0.05, 0.1) is 0 Å². The predicted molar refractivity (Wildman–Crippen MR) is 80.7 cm³/mol. The highest BCUT2D eigenvalue weighted by molar-refractivity contribution is 5.77. The first-order valence-electron chi connectivity index (χ1n) is 7.28. The van der Waals surface area contributed by atoms with Gasteiger partial charge in [0.1, 0.15) is 0 Å². The van der Waals surface area contributed by atoms with E-state index >= 15 is 0 Å². The first-order chi connectivity index (χ1) is 9.85. The summed E-state index contributed by atoms with van der Waals surface area (Å²) in [6.45, 7) is 5.32. The second-order valence-electron chi connectivity index (χ2n) is 4.95. The molecule has 0 saturated carbocycles. The molecule has 2 aromatic carbocycles. The van der Waals surface area contributed by atoms with Gasteiger partial charge in [0.15, 0.2) is 6.29 Å². The number of fused-ring (bicyclic) bond motifs is 3. The topological polar surface area (TPSA) is 18.5 Å². The van der Waals surface area contributed by atoms with Crippen LogP contribution in [-0.2, 0) is 15.9 Å². The van der Waals surface area contributed by atoms with Crippen molar-refractivity contribution in [1.29, 1.82) is 0 Å². The molecule has 104 valence electrons. The molecule has 3 rings (SSSR count). The first kappa shape index (κ1) is 13.3. The third kappa shape index (κ3) is 2.26. The summed E-state index contributed by atoms with van der Waals surface area (Å²) in [5, 5.41) is 0. The summed E-state index contributed by atoms with van der Waals surface area (Å²) in [6.07, 6.45) is 0.715. The zero-order valence-electron chi connectivity index (χ0n) is 12.1. The van der Waals surface area contributed by atoms with Crippen LogP contribution < -0.4 is 0 Å². The number of hydrogen-bond donors (Lipinski definition) is 0. The number of hydrogen-bond acceptors (Lipinski definition) is 2. The van der Waals surface area contributed by atoms with Crippen molar-refractivity contribution >= 4 is 0 Å². The zero-order valence-corrected chi connectivity index (χ0v) is 12.1. The monoisotopic (exact) mass is 268 g/mol. The van der Waals surface area contributed by atoms with Crippen LogP contribution in [0, 0.1) is 0 Å². The molecule has 0 aliphatic heterocycles. The van der Waals surface area contributed by atoms with Crippen LogP contribution in [0.25, 0.3) is 11.1 Å². The van der Waals surface area contributed by atoms with Crippen molar-refractivity contribution in [2.45, 2.75) is 26.6 Å². The van der Waals surface area contributed by atoms with Crippen LogP contribution in [0.1, 0.15) is 36.8 Å². The Labute approximate surface area is 120 Å². The van der Waals surface area contributed by atoms with Gasteiger partial charge in [-0.2, -0.15) is 0 Å². The molecule has 0 bridgehead atoms. The normalized spacial score (nSPS) is 12.6. The minimum Gasteiger partial charge on any atom is -0.349 e. The highest BCUT2D eigenvalue weighted by Gasteiger charge is 2.24. The minimum atomic E-state index is -0.255. The summed E-state index contributed by atoms with van der Waals surface area (Å²) in [5.41, 5.74) is 6.57. The Hall–Kier alpha value is -1.64. The Morgan fingerprint density at radius 2 is 1.60 bits per heavy atom. The van der Waals surface area contributed by atoms with Gasteiger partial charge in [0, 0.05) is 18.8 Å². The molecule has 0 spiro atoms. The van der Waals surface area contributed by atoms with E-state index in [0.717, 1.165) is 6.42 Å². The molecule has 0 aromatic heterocycles. The van der Waals surface area contributed by atoms with Crippen LogP contribution in [0.3, 0.4) is 0 Å². The lowest BCUT2D eigenvalue weighted by molar-refractivity contribution is -0.140. The van der Waals surface area contributed by atoms with E-state index in [9.17, 15) is 0 Å². The van der Waals surface area contributed by atoms with Gasteiger partial charge in [0.25, 0.3) is 0 Å². The summed E-state index contributed by atoms with van der Waals surface area (Å²) < 4.78 is 11.5. The van der Waals surface area contributed by atoms with Gasteiger partial charge in [-0.25, -0.2) is 0 Å². The van der Waals surface area contributed by atoms with Gasteiger partial charge in [0.2, 0.25) is 0 Å². The van der Waals surface area contributed by atoms with Gasteiger partial charge >= 0.3 is 0 Å². The fourth-order valence-electron chi connectivity index (χ4n) is 2.93. The Morgan fingerprint density at radius 1 is 0.900 bits per heavy atom. The maximum Gasteiger partial charge on any atom is 0.184 e. The van der Waals surface area contributed by atoms with Crippen LogP contribution >= 0.6 is 0 Å². The van der Waals surface area contributed by atoms with Crippen molar-refractivity contribution in [3.63, 3.8) is 0 Å². The van der Waals surface area contributed by atoms with Gasteiger partial charge in [-0.1, -0.05) is 42.5 Å². The predicted octanol–water partition coefficient (Wildman–Crippen LogP) is 4.33. The maximum absolute atomic E-state index is 5.77. The Balaban J connectivity index is 2.04. The van der Waals surface area contributed by atoms with Crippen LogP contribution in [0.5, 0.6) is 0 Å². The first-order valence-corrected chi connectivity index (χ1v) is 7.28. The standard InChI is InChI=1S/C18H20O2/c1-3-19-18(20-4-2)16-11-7-10-15-14-9-6-5-8-13(14)12-17(15)16/h5-11,18H,3-4,12H2,1-2H3. The molecule has 0 unspecified atom stereocenters. The van der Waals surface area contributed by atoms with Gasteiger partial charge < -0.3 is 9.47 Å². The summed E-state index contributed by atoms with van der Waals surface area (Å²) in [7, 11) is 0. The quantitative estimate of drug-likeness (QED) is 0.641. The molecular weight excluding hydrogens is 248 g/mol. The van der Waals surface area contributed by atoms with E-state index in [1.807, 2.05) is 13.8 Å². The molecule has 2 aromatic rings. The third-order valence-electron chi connectivity index (χ3n) is 3.78. The molecular formula is C18H20O2. The lowest BCUT2D eigenvalue weighted by Crippen LogP contribution is -2.11. The number of rotatable bonds is 5. The summed E-state index contributed by atoms with van der Waals surface area (Å²) in [4.78, 5) is 0. The summed E-state index contributed by atoms with van der Waals surface area (Å²) in [5.74, 6) is 0. The minimum absolute atomic E-state index is 0.255. The molecule has 0 fully saturated rings. The zero-order chi connectivity index (χ0) is 13.9. The summed E-state index contributed by atoms with van der Waals surface area (Å²) in [6, 6.07) is 15.0. The summed E-state index contributed by atoms with van der Waals surface area (Å²) >= 11 is 0. The molecule has 0 heterocycles. The average molecular weight is 268 g/mol. The van der Waals surface area contributed by atoms with E-state index < -0.39 is 0 Å². The molecule has 20 heavy (non-hydrogen) atoms. The van der Waals surface area contributed by atoms with Gasteiger partial charge in [-0.15, -0.1) is 0 Å². The second kappa shape index (κ2) is 5.78. The van der Waals surface area contributed by atoms with Crippen molar-refractivity contribution in [2.75, 3.05) is 13.2 Å². The van der Waals surface area contributed by atoms with Crippen LogP contribution in [0.15, 0.2) is 42.5 Å². The Kier molecular flexibility index (Phi) is 3.86. The van der Waals surface area contributed by atoms with E-state index in [1.54, 1.807) is 0 Å². The number of ether oxygens (including phenoxy) is 2. The van der Waals surface area contributed by atoms with Crippen molar-refractivity contribution in [3.8, 4) is 11.1 Å². The molecule has 1 aliphatic rings. The third-order valence-corrected chi connectivity index (χ3v) is 3.78. The van der Waals surface area contributed by atoms with Crippen molar-refractivity contribution in [2.24, 2.45) is 0 Å². The Bertz CT molecular complexity index is 598. The van der Waals surface area contributed by atoms with Crippen LogP contribution in [0.4, 0.5) is 0 Å². The SMILES string of the molecule is CCOC(OCC)c1cccc2c1Cc1ccccc1-2. The molecule has 0 radical (unpaired) electrons.